The fourth-order valence-corrected chi connectivity index (χ4v) is 4.57. The van der Waals surface area contributed by atoms with Crippen LogP contribution in [0.5, 0.6) is 5.75 Å². The van der Waals surface area contributed by atoms with Crippen LogP contribution in [0.2, 0.25) is 0 Å². The van der Waals surface area contributed by atoms with Crippen LogP contribution in [0.4, 0.5) is 0 Å². The van der Waals surface area contributed by atoms with Crippen LogP contribution in [-0.2, 0) is 21.5 Å². The van der Waals surface area contributed by atoms with Gasteiger partial charge in [0.15, 0.2) is 0 Å². The highest BCUT2D eigenvalue weighted by Crippen LogP contribution is 2.24. The number of piperidine rings is 1. The molecule has 2 aromatic rings. The molecule has 1 aliphatic rings. The summed E-state index contributed by atoms with van der Waals surface area (Å²) in [5.41, 5.74) is 0.746. The predicted octanol–water partition coefficient (Wildman–Crippen LogP) is 1.22. The Morgan fingerprint density at radius 1 is 1.33 bits per heavy atom. The van der Waals surface area contributed by atoms with Crippen molar-refractivity contribution in [2.24, 2.45) is 5.92 Å². The normalized spacial score (nSPS) is 17.8. The fraction of sp³-hybridized carbons (Fsp3) is 0.526. The molecule has 0 aliphatic carbocycles. The summed E-state index contributed by atoms with van der Waals surface area (Å²) >= 11 is 0. The number of nitrogens with zero attached hydrogens (tertiary/aromatic N) is 5. The zero-order valence-electron chi connectivity index (χ0n) is 17.6. The first kappa shape index (κ1) is 22.2. The molecule has 1 atom stereocenters. The number of hydrogen-bond acceptors (Lipinski definition) is 7. The first-order valence-electron chi connectivity index (χ1n) is 9.62. The van der Waals surface area contributed by atoms with E-state index in [4.69, 9.17) is 9.26 Å². The maximum absolute atomic E-state index is 12.9. The second-order valence-electron chi connectivity index (χ2n) is 7.43. The number of ether oxygens (including phenoxy) is 1. The van der Waals surface area contributed by atoms with E-state index in [9.17, 15) is 13.2 Å². The molecule has 1 aliphatic heterocycles. The van der Waals surface area contributed by atoms with Gasteiger partial charge in [-0.15, -0.1) is 0 Å². The Kier molecular flexibility index (Phi) is 6.74. The van der Waals surface area contributed by atoms with Gasteiger partial charge in [-0.05, 0) is 25.0 Å². The average Bonchev–Trinajstić information content (AvgIpc) is 3.21. The standard InChI is InChI=1S/C19H27N5O5S/c1-22(2)30(26,27)24-10-6-8-15(12-24)19(25)23(3)13-17-20-18(21-29-17)14-7-5-9-16(11-14)28-4/h5,7,9,11,15H,6,8,10,12-13H2,1-4H3/t15-/m1/s1. The number of benzene rings is 1. The van der Waals surface area contributed by atoms with E-state index in [1.54, 1.807) is 20.2 Å². The molecule has 1 fully saturated rings. The highest BCUT2D eigenvalue weighted by Gasteiger charge is 2.34. The third kappa shape index (κ3) is 4.79. The molecule has 10 nitrogen and oxygen atoms in total. The topological polar surface area (TPSA) is 109 Å². The van der Waals surface area contributed by atoms with Crippen LogP contribution in [-0.4, -0.2) is 79.3 Å². The van der Waals surface area contributed by atoms with Crippen LogP contribution in [0.3, 0.4) is 0 Å². The molecule has 0 N–H and O–H groups in total. The van der Waals surface area contributed by atoms with Gasteiger partial charge in [0.25, 0.3) is 10.2 Å². The minimum Gasteiger partial charge on any atom is -0.497 e. The molecule has 0 radical (unpaired) electrons. The summed E-state index contributed by atoms with van der Waals surface area (Å²) in [7, 11) is 2.67. The lowest BCUT2D eigenvalue weighted by Gasteiger charge is -2.34. The van der Waals surface area contributed by atoms with Crippen LogP contribution in [0, 0.1) is 5.92 Å². The lowest BCUT2D eigenvalue weighted by atomic mass is 9.98. The van der Waals surface area contributed by atoms with E-state index in [1.165, 1.54) is 27.6 Å². The minimum absolute atomic E-state index is 0.144. The second kappa shape index (κ2) is 9.11. The predicted molar refractivity (Wildman–Crippen MR) is 110 cm³/mol. The molecule has 0 saturated carbocycles. The van der Waals surface area contributed by atoms with Crippen molar-refractivity contribution in [2.75, 3.05) is 41.3 Å². The SMILES string of the molecule is COc1cccc(-c2noc(CN(C)C(=O)[C@@H]3CCCN(S(=O)(=O)N(C)C)C3)n2)c1. The van der Waals surface area contributed by atoms with E-state index in [0.717, 1.165) is 5.56 Å². The Morgan fingerprint density at radius 3 is 2.80 bits per heavy atom. The number of carbonyl (C=O) groups is 1. The number of aromatic nitrogens is 2. The van der Waals surface area contributed by atoms with Gasteiger partial charge in [0, 0.05) is 39.8 Å². The molecule has 1 saturated heterocycles. The number of carbonyl (C=O) groups excluding carboxylic acids is 1. The van der Waals surface area contributed by atoms with Crippen molar-refractivity contribution in [3.63, 3.8) is 0 Å². The van der Waals surface area contributed by atoms with Crippen molar-refractivity contribution in [1.29, 1.82) is 0 Å². The van der Waals surface area contributed by atoms with Gasteiger partial charge >= 0.3 is 0 Å². The molecule has 164 valence electrons. The van der Waals surface area contributed by atoms with E-state index >= 15 is 0 Å². The van der Waals surface area contributed by atoms with Crippen LogP contribution >= 0.6 is 0 Å². The van der Waals surface area contributed by atoms with Crippen molar-refractivity contribution in [3.05, 3.63) is 30.2 Å². The summed E-state index contributed by atoms with van der Waals surface area (Å²) in [5, 5.41) is 3.98. The molecule has 30 heavy (non-hydrogen) atoms. The van der Waals surface area contributed by atoms with Crippen LogP contribution < -0.4 is 4.74 Å². The first-order valence-corrected chi connectivity index (χ1v) is 11.0. The van der Waals surface area contributed by atoms with Crippen LogP contribution in [0.25, 0.3) is 11.4 Å². The van der Waals surface area contributed by atoms with Gasteiger partial charge in [0.1, 0.15) is 5.75 Å². The zero-order chi connectivity index (χ0) is 21.9. The minimum atomic E-state index is -3.54. The van der Waals surface area contributed by atoms with Crippen molar-refractivity contribution in [3.8, 4) is 17.1 Å². The van der Waals surface area contributed by atoms with Crippen molar-refractivity contribution < 1.29 is 22.5 Å². The molecule has 0 spiro atoms. The number of amides is 1. The monoisotopic (exact) mass is 437 g/mol. The molecule has 0 bridgehead atoms. The molecular weight excluding hydrogens is 410 g/mol. The van der Waals surface area contributed by atoms with E-state index < -0.39 is 16.1 Å². The van der Waals surface area contributed by atoms with Gasteiger partial charge in [-0.1, -0.05) is 17.3 Å². The zero-order valence-corrected chi connectivity index (χ0v) is 18.4. The quantitative estimate of drug-likeness (QED) is 0.641. The summed E-state index contributed by atoms with van der Waals surface area (Å²) < 4.78 is 37.8. The van der Waals surface area contributed by atoms with E-state index in [-0.39, 0.29) is 19.0 Å². The summed E-state index contributed by atoms with van der Waals surface area (Å²) in [6.45, 7) is 0.733. The summed E-state index contributed by atoms with van der Waals surface area (Å²) in [4.78, 5) is 18.7. The molecule has 2 heterocycles. The lowest BCUT2D eigenvalue weighted by molar-refractivity contribution is -0.136. The largest absolute Gasteiger partial charge is 0.497 e. The molecule has 1 aromatic heterocycles. The first-order chi connectivity index (χ1) is 14.2. The second-order valence-corrected chi connectivity index (χ2v) is 9.57. The molecule has 1 amide bonds. The molecule has 1 aromatic carbocycles. The molecule has 3 rings (SSSR count). The van der Waals surface area contributed by atoms with Gasteiger partial charge in [-0.2, -0.15) is 22.0 Å². The highest BCUT2D eigenvalue weighted by molar-refractivity contribution is 7.86. The van der Waals surface area contributed by atoms with Gasteiger partial charge in [0.05, 0.1) is 19.6 Å². The Bertz CT molecular complexity index is 991. The summed E-state index contributed by atoms with van der Waals surface area (Å²) in [6, 6.07) is 7.29. The summed E-state index contributed by atoms with van der Waals surface area (Å²) in [5.74, 6) is 0.845. The number of rotatable bonds is 7. The van der Waals surface area contributed by atoms with E-state index in [0.29, 0.717) is 36.9 Å². The van der Waals surface area contributed by atoms with Gasteiger partial charge in [0.2, 0.25) is 17.6 Å². The Labute approximate surface area is 176 Å². The number of hydrogen-bond donors (Lipinski definition) is 0. The summed E-state index contributed by atoms with van der Waals surface area (Å²) in [6.07, 6.45) is 1.28. The average molecular weight is 438 g/mol. The van der Waals surface area contributed by atoms with Gasteiger partial charge in [-0.3, -0.25) is 4.79 Å². The van der Waals surface area contributed by atoms with Crippen molar-refractivity contribution in [1.82, 2.24) is 23.7 Å². The maximum Gasteiger partial charge on any atom is 0.281 e. The van der Waals surface area contributed by atoms with Crippen molar-refractivity contribution >= 4 is 16.1 Å². The smallest absolute Gasteiger partial charge is 0.281 e. The van der Waals surface area contributed by atoms with E-state index in [2.05, 4.69) is 10.1 Å². The van der Waals surface area contributed by atoms with Crippen LogP contribution in [0.1, 0.15) is 18.7 Å². The third-order valence-electron chi connectivity index (χ3n) is 5.07. The van der Waals surface area contributed by atoms with Gasteiger partial charge < -0.3 is 14.2 Å². The Morgan fingerprint density at radius 2 is 2.10 bits per heavy atom. The molecule has 0 unspecified atom stereocenters. The lowest BCUT2D eigenvalue weighted by Crippen LogP contribution is -2.49. The third-order valence-corrected chi connectivity index (χ3v) is 6.97. The fourth-order valence-electron chi connectivity index (χ4n) is 3.38. The molecular formula is C19H27N5O5S. The highest BCUT2D eigenvalue weighted by atomic mass is 32.2. The van der Waals surface area contributed by atoms with Gasteiger partial charge in [-0.25, -0.2) is 0 Å². The number of methoxy groups -OCH3 is 1. The van der Waals surface area contributed by atoms with E-state index in [1.807, 2.05) is 18.2 Å². The Balaban J connectivity index is 1.65. The molecule has 11 heteroatoms. The van der Waals surface area contributed by atoms with Crippen molar-refractivity contribution in [2.45, 2.75) is 19.4 Å². The van der Waals surface area contributed by atoms with Crippen LogP contribution in [0.15, 0.2) is 28.8 Å². The Hall–Kier alpha value is -2.50. The maximum atomic E-state index is 12.9.